The summed E-state index contributed by atoms with van der Waals surface area (Å²) < 4.78 is 7.31. The first-order chi connectivity index (χ1) is 11.0. The lowest BCUT2D eigenvalue weighted by molar-refractivity contribution is 0.186. The lowest BCUT2D eigenvalue weighted by Crippen LogP contribution is -2.31. The summed E-state index contributed by atoms with van der Waals surface area (Å²) in [5.74, 6) is 1.03. The molecule has 0 saturated carbocycles. The second kappa shape index (κ2) is 8.04. The molecule has 0 N–H and O–H groups in total. The van der Waals surface area contributed by atoms with Crippen molar-refractivity contribution in [2.24, 2.45) is 5.92 Å². The molecule has 0 atom stereocenters. The molecule has 1 aromatic heterocycles. The molecular formula is C17H22N4OS. The highest BCUT2D eigenvalue weighted by Crippen LogP contribution is 2.18. The van der Waals surface area contributed by atoms with Gasteiger partial charge >= 0.3 is 0 Å². The SMILES string of the molecule is Cc1ccc(-c2nn(CN(CCC#N)CC(C)C)c(=S)o2)cc1. The third-order valence-corrected chi connectivity index (χ3v) is 3.70. The van der Waals surface area contributed by atoms with Crippen LogP contribution >= 0.6 is 12.2 Å². The van der Waals surface area contributed by atoms with Gasteiger partial charge in [0.15, 0.2) is 0 Å². The Kier molecular flexibility index (Phi) is 6.08. The number of benzene rings is 1. The lowest BCUT2D eigenvalue weighted by atomic mass is 10.1. The number of hydrogen-bond acceptors (Lipinski definition) is 5. The maximum absolute atomic E-state index is 8.81. The molecule has 5 nitrogen and oxygen atoms in total. The fraction of sp³-hybridized carbons (Fsp3) is 0.471. The Morgan fingerprint density at radius 1 is 1.35 bits per heavy atom. The first kappa shape index (κ1) is 17.4. The maximum Gasteiger partial charge on any atom is 0.288 e. The van der Waals surface area contributed by atoms with Gasteiger partial charge in [-0.15, -0.1) is 5.10 Å². The van der Waals surface area contributed by atoms with E-state index in [4.69, 9.17) is 21.9 Å². The number of rotatable bonds is 7. The number of aryl methyl sites for hydroxylation is 1. The smallest absolute Gasteiger partial charge is 0.288 e. The Morgan fingerprint density at radius 3 is 2.65 bits per heavy atom. The van der Waals surface area contributed by atoms with Crippen molar-refractivity contribution in [3.63, 3.8) is 0 Å². The van der Waals surface area contributed by atoms with Crippen molar-refractivity contribution in [2.75, 3.05) is 13.1 Å². The first-order valence-corrected chi connectivity index (χ1v) is 8.14. The number of nitrogens with zero attached hydrogens (tertiary/aromatic N) is 4. The van der Waals surface area contributed by atoms with Crippen LogP contribution in [0.25, 0.3) is 11.5 Å². The van der Waals surface area contributed by atoms with Crippen molar-refractivity contribution in [3.05, 3.63) is 34.7 Å². The van der Waals surface area contributed by atoms with Gasteiger partial charge in [-0.25, -0.2) is 4.68 Å². The molecule has 0 aliphatic rings. The molecule has 1 heterocycles. The molecular weight excluding hydrogens is 308 g/mol. The zero-order valence-electron chi connectivity index (χ0n) is 13.8. The summed E-state index contributed by atoms with van der Waals surface area (Å²) >= 11 is 5.29. The Hall–Kier alpha value is -1.97. The minimum absolute atomic E-state index is 0.353. The zero-order chi connectivity index (χ0) is 16.8. The van der Waals surface area contributed by atoms with Crippen LogP contribution in [0.3, 0.4) is 0 Å². The highest BCUT2D eigenvalue weighted by Gasteiger charge is 2.13. The number of nitriles is 1. The number of hydrogen-bond donors (Lipinski definition) is 0. The molecule has 0 spiro atoms. The van der Waals surface area contributed by atoms with Crippen LogP contribution < -0.4 is 0 Å². The molecule has 1 aromatic carbocycles. The van der Waals surface area contributed by atoms with Gasteiger partial charge in [0.1, 0.15) is 0 Å². The van der Waals surface area contributed by atoms with Crippen LogP contribution in [0, 0.1) is 29.0 Å². The van der Waals surface area contributed by atoms with E-state index in [1.165, 1.54) is 5.56 Å². The monoisotopic (exact) mass is 330 g/mol. The summed E-state index contributed by atoms with van der Waals surface area (Å²) in [6, 6.07) is 10.2. The normalized spacial score (nSPS) is 11.1. The molecule has 0 radical (unpaired) electrons. The van der Waals surface area contributed by atoms with E-state index in [9.17, 15) is 0 Å². The van der Waals surface area contributed by atoms with Gasteiger partial charge in [-0.05, 0) is 37.2 Å². The van der Waals surface area contributed by atoms with Crippen LogP contribution in [0.4, 0.5) is 0 Å². The van der Waals surface area contributed by atoms with Gasteiger partial charge in [-0.1, -0.05) is 31.5 Å². The van der Waals surface area contributed by atoms with Crippen LogP contribution in [0.15, 0.2) is 28.7 Å². The van der Waals surface area contributed by atoms with Gasteiger partial charge < -0.3 is 4.42 Å². The third-order valence-electron chi connectivity index (χ3n) is 3.40. The first-order valence-electron chi connectivity index (χ1n) is 7.74. The highest BCUT2D eigenvalue weighted by molar-refractivity contribution is 7.71. The molecule has 0 fully saturated rings. The van der Waals surface area contributed by atoms with Crippen LogP contribution in [0.2, 0.25) is 0 Å². The fourth-order valence-corrected chi connectivity index (χ4v) is 2.52. The van der Waals surface area contributed by atoms with Crippen molar-refractivity contribution in [1.29, 1.82) is 5.26 Å². The molecule has 0 amide bonds. The Morgan fingerprint density at radius 2 is 2.04 bits per heavy atom. The molecule has 0 bridgehead atoms. The van der Waals surface area contributed by atoms with Gasteiger partial charge in [0, 0.05) is 25.1 Å². The predicted molar refractivity (Wildman–Crippen MR) is 92.1 cm³/mol. The van der Waals surface area contributed by atoms with Gasteiger partial charge in [-0.3, -0.25) is 4.90 Å². The minimum Gasteiger partial charge on any atom is -0.409 e. The topological polar surface area (TPSA) is 58.0 Å². The van der Waals surface area contributed by atoms with Gasteiger partial charge in [0.2, 0.25) is 5.89 Å². The molecule has 0 aliphatic heterocycles. The predicted octanol–water partition coefficient (Wildman–Crippen LogP) is 4.01. The largest absolute Gasteiger partial charge is 0.409 e. The fourth-order valence-electron chi connectivity index (χ4n) is 2.34. The second-order valence-electron chi connectivity index (χ2n) is 6.06. The van der Waals surface area contributed by atoms with Crippen LogP contribution in [0.5, 0.6) is 0 Å². The van der Waals surface area contributed by atoms with Crippen molar-refractivity contribution in [3.8, 4) is 17.5 Å². The van der Waals surface area contributed by atoms with Crippen LogP contribution in [-0.4, -0.2) is 27.8 Å². The van der Waals surface area contributed by atoms with Gasteiger partial charge in [0.25, 0.3) is 4.84 Å². The Labute approximate surface area is 142 Å². The summed E-state index contributed by atoms with van der Waals surface area (Å²) in [6.45, 7) is 8.46. The summed E-state index contributed by atoms with van der Waals surface area (Å²) in [4.78, 5) is 2.52. The van der Waals surface area contributed by atoms with E-state index in [0.29, 0.717) is 36.3 Å². The molecule has 6 heteroatoms. The summed E-state index contributed by atoms with van der Waals surface area (Å²) in [5, 5.41) is 13.3. The summed E-state index contributed by atoms with van der Waals surface area (Å²) in [5.41, 5.74) is 2.10. The molecule has 122 valence electrons. The van der Waals surface area contributed by atoms with E-state index in [1.54, 1.807) is 4.68 Å². The van der Waals surface area contributed by atoms with Gasteiger partial charge in [-0.2, -0.15) is 5.26 Å². The van der Waals surface area contributed by atoms with Crippen molar-refractivity contribution >= 4 is 12.2 Å². The average molecular weight is 330 g/mol. The van der Waals surface area contributed by atoms with E-state index < -0.39 is 0 Å². The quantitative estimate of drug-likeness (QED) is 0.718. The van der Waals surface area contributed by atoms with E-state index in [-0.39, 0.29) is 0 Å². The van der Waals surface area contributed by atoms with Gasteiger partial charge in [0.05, 0.1) is 12.7 Å². The average Bonchev–Trinajstić information content (AvgIpc) is 2.86. The molecule has 23 heavy (non-hydrogen) atoms. The minimum atomic E-state index is 0.353. The van der Waals surface area contributed by atoms with E-state index >= 15 is 0 Å². The standard InChI is InChI=1S/C17H22N4OS/c1-13(2)11-20(10-4-9-18)12-21-17(23)22-16(19-21)15-7-5-14(3)6-8-15/h5-8,13H,4,10-12H2,1-3H3. The molecule has 2 aromatic rings. The van der Waals surface area contributed by atoms with E-state index in [1.807, 2.05) is 31.2 Å². The van der Waals surface area contributed by atoms with E-state index in [0.717, 1.165) is 12.1 Å². The highest BCUT2D eigenvalue weighted by atomic mass is 32.1. The summed E-state index contributed by atoms with van der Waals surface area (Å²) in [6.07, 6.45) is 0.489. The van der Waals surface area contributed by atoms with Crippen LogP contribution in [0.1, 0.15) is 25.8 Å². The third kappa shape index (κ3) is 5.02. The Bertz CT molecular complexity index is 724. The maximum atomic E-state index is 8.81. The zero-order valence-corrected chi connectivity index (χ0v) is 14.6. The molecule has 0 aliphatic carbocycles. The lowest BCUT2D eigenvalue weighted by Gasteiger charge is -2.22. The Balaban J connectivity index is 2.17. The van der Waals surface area contributed by atoms with Crippen LogP contribution in [-0.2, 0) is 6.67 Å². The van der Waals surface area contributed by atoms with E-state index in [2.05, 4.69) is 29.9 Å². The number of aromatic nitrogens is 2. The van der Waals surface area contributed by atoms with Crippen molar-refractivity contribution < 1.29 is 4.42 Å². The van der Waals surface area contributed by atoms with Crippen molar-refractivity contribution in [2.45, 2.75) is 33.9 Å². The molecule has 0 saturated heterocycles. The molecule has 2 rings (SSSR count). The summed E-state index contributed by atoms with van der Waals surface area (Å²) in [7, 11) is 0. The molecule has 0 unspecified atom stereocenters. The second-order valence-corrected chi connectivity index (χ2v) is 6.41. The van der Waals surface area contributed by atoms with Crippen molar-refractivity contribution in [1.82, 2.24) is 14.7 Å².